The normalized spacial score (nSPS) is 36.8. The molecule has 3 fully saturated rings. The van der Waals surface area contributed by atoms with Gasteiger partial charge in [-0.15, -0.1) is 0 Å². The van der Waals surface area contributed by atoms with E-state index < -0.39 is 0 Å². The first-order valence-corrected chi connectivity index (χ1v) is 6.56. The molecular formula is C12H19N3O2. The third-order valence-corrected chi connectivity index (χ3v) is 4.25. The van der Waals surface area contributed by atoms with Crippen LogP contribution in [-0.4, -0.2) is 48.4 Å². The van der Waals surface area contributed by atoms with Gasteiger partial charge in [-0.1, -0.05) is 0 Å². The van der Waals surface area contributed by atoms with E-state index in [0.29, 0.717) is 24.8 Å². The molecule has 3 heterocycles. The van der Waals surface area contributed by atoms with Crippen LogP contribution >= 0.6 is 0 Å². The number of carbonyl (C=O) groups excluding carboxylic acids is 2. The van der Waals surface area contributed by atoms with Gasteiger partial charge >= 0.3 is 0 Å². The third kappa shape index (κ3) is 1.92. The van der Waals surface area contributed by atoms with Crippen LogP contribution in [0.25, 0.3) is 0 Å². The molecule has 0 aromatic heterocycles. The van der Waals surface area contributed by atoms with Gasteiger partial charge < -0.3 is 15.5 Å². The number of fused-ring (bicyclic) bond motifs is 1. The van der Waals surface area contributed by atoms with Crippen molar-refractivity contribution in [2.45, 2.75) is 37.8 Å². The number of nitrogens with zero attached hydrogens (tertiary/aromatic N) is 1. The fraction of sp³-hybridized carbons (Fsp3) is 0.833. The van der Waals surface area contributed by atoms with Gasteiger partial charge in [0.2, 0.25) is 11.8 Å². The minimum Gasteiger partial charge on any atom is -0.344 e. The number of nitrogens with one attached hydrogen (secondary N) is 2. The molecule has 0 bridgehead atoms. The van der Waals surface area contributed by atoms with Gasteiger partial charge in [0.1, 0.15) is 6.04 Å². The Hall–Kier alpha value is -1.10. The molecule has 3 aliphatic heterocycles. The Morgan fingerprint density at radius 3 is 2.94 bits per heavy atom. The van der Waals surface area contributed by atoms with Gasteiger partial charge in [0.15, 0.2) is 0 Å². The van der Waals surface area contributed by atoms with Crippen molar-refractivity contribution in [2.24, 2.45) is 5.92 Å². The molecule has 0 aromatic rings. The molecule has 3 rings (SSSR count). The highest BCUT2D eigenvalue weighted by Gasteiger charge is 2.40. The molecule has 3 saturated heterocycles. The lowest BCUT2D eigenvalue weighted by Crippen LogP contribution is -2.53. The SMILES string of the molecule is O=C1CC[C@@H](C(=O)N2CCCC3CNCC32)N1. The van der Waals surface area contributed by atoms with Crippen LogP contribution in [0, 0.1) is 5.92 Å². The van der Waals surface area contributed by atoms with Gasteiger partial charge in [0, 0.05) is 32.1 Å². The molecule has 2 amide bonds. The van der Waals surface area contributed by atoms with Crippen LogP contribution in [0.2, 0.25) is 0 Å². The van der Waals surface area contributed by atoms with E-state index in [2.05, 4.69) is 10.6 Å². The van der Waals surface area contributed by atoms with Crippen molar-refractivity contribution in [3.63, 3.8) is 0 Å². The zero-order valence-corrected chi connectivity index (χ0v) is 9.95. The number of hydrogen-bond acceptors (Lipinski definition) is 3. The van der Waals surface area contributed by atoms with Gasteiger partial charge in [0.05, 0.1) is 0 Å². The summed E-state index contributed by atoms with van der Waals surface area (Å²) in [5.74, 6) is 0.764. The van der Waals surface area contributed by atoms with Crippen molar-refractivity contribution in [2.75, 3.05) is 19.6 Å². The fourth-order valence-corrected chi connectivity index (χ4v) is 3.34. The Bertz CT molecular complexity index is 345. The highest BCUT2D eigenvalue weighted by atomic mass is 16.2. The minimum absolute atomic E-state index is 0.0152. The van der Waals surface area contributed by atoms with Crippen molar-refractivity contribution >= 4 is 11.8 Å². The molecule has 3 aliphatic rings. The highest BCUT2D eigenvalue weighted by molar-refractivity contribution is 5.91. The Morgan fingerprint density at radius 2 is 2.18 bits per heavy atom. The number of amides is 2. The maximum absolute atomic E-state index is 12.4. The van der Waals surface area contributed by atoms with Crippen LogP contribution in [0.5, 0.6) is 0 Å². The number of piperidine rings is 1. The molecule has 0 aromatic carbocycles. The van der Waals surface area contributed by atoms with Crippen LogP contribution in [0.1, 0.15) is 25.7 Å². The van der Waals surface area contributed by atoms with Crippen molar-refractivity contribution in [3.8, 4) is 0 Å². The fourth-order valence-electron chi connectivity index (χ4n) is 3.34. The molecular weight excluding hydrogens is 218 g/mol. The van der Waals surface area contributed by atoms with Crippen LogP contribution in [0.15, 0.2) is 0 Å². The van der Waals surface area contributed by atoms with E-state index in [4.69, 9.17) is 0 Å². The summed E-state index contributed by atoms with van der Waals surface area (Å²) in [5, 5.41) is 6.15. The van der Waals surface area contributed by atoms with E-state index >= 15 is 0 Å². The standard InChI is InChI=1S/C12H19N3O2/c16-11-4-3-9(14-11)12(17)15-5-1-2-8-6-13-7-10(8)15/h8-10,13H,1-7H2,(H,14,16)/t8?,9-,10?/m0/s1. The van der Waals surface area contributed by atoms with E-state index in [-0.39, 0.29) is 17.9 Å². The topological polar surface area (TPSA) is 61.4 Å². The van der Waals surface area contributed by atoms with Gasteiger partial charge in [-0.25, -0.2) is 0 Å². The molecule has 17 heavy (non-hydrogen) atoms. The number of hydrogen-bond donors (Lipinski definition) is 2. The van der Waals surface area contributed by atoms with E-state index in [1.54, 1.807) is 0 Å². The predicted molar refractivity (Wildman–Crippen MR) is 62.3 cm³/mol. The lowest BCUT2D eigenvalue weighted by atomic mass is 9.91. The summed E-state index contributed by atoms with van der Waals surface area (Å²) in [6.45, 7) is 2.80. The first-order valence-electron chi connectivity index (χ1n) is 6.56. The summed E-state index contributed by atoms with van der Waals surface area (Å²) in [4.78, 5) is 25.6. The minimum atomic E-state index is -0.262. The molecule has 5 nitrogen and oxygen atoms in total. The summed E-state index contributed by atoms with van der Waals surface area (Å²) in [5.41, 5.74) is 0. The molecule has 0 aliphatic carbocycles. The first kappa shape index (κ1) is 11.0. The number of rotatable bonds is 1. The van der Waals surface area contributed by atoms with Gasteiger partial charge in [0.25, 0.3) is 0 Å². The van der Waals surface area contributed by atoms with Gasteiger partial charge in [-0.05, 0) is 25.2 Å². The third-order valence-electron chi connectivity index (χ3n) is 4.25. The Labute approximate surface area is 101 Å². The van der Waals surface area contributed by atoms with E-state index in [0.717, 1.165) is 26.1 Å². The first-order chi connectivity index (χ1) is 8.25. The molecule has 3 atom stereocenters. The molecule has 94 valence electrons. The number of carbonyl (C=O) groups is 2. The zero-order chi connectivity index (χ0) is 11.8. The maximum atomic E-state index is 12.4. The van der Waals surface area contributed by atoms with Crippen LogP contribution in [0.4, 0.5) is 0 Å². The monoisotopic (exact) mass is 237 g/mol. The van der Waals surface area contributed by atoms with Gasteiger partial charge in [-0.3, -0.25) is 9.59 Å². The van der Waals surface area contributed by atoms with Gasteiger partial charge in [-0.2, -0.15) is 0 Å². The van der Waals surface area contributed by atoms with Crippen molar-refractivity contribution in [3.05, 3.63) is 0 Å². The summed E-state index contributed by atoms with van der Waals surface area (Å²) >= 11 is 0. The maximum Gasteiger partial charge on any atom is 0.245 e. The second kappa shape index (κ2) is 4.29. The van der Waals surface area contributed by atoms with Crippen molar-refractivity contribution < 1.29 is 9.59 Å². The smallest absolute Gasteiger partial charge is 0.245 e. The summed E-state index contributed by atoms with van der Waals surface area (Å²) in [6, 6.07) is 0.0932. The highest BCUT2D eigenvalue weighted by Crippen LogP contribution is 2.27. The molecule has 0 spiro atoms. The van der Waals surface area contributed by atoms with E-state index in [1.807, 2.05) is 4.90 Å². The predicted octanol–water partition coefficient (Wildman–Crippen LogP) is -0.525. The van der Waals surface area contributed by atoms with E-state index in [9.17, 15) is 9.59 Å². The lowest BCUT2D eigenvalue weighted by molar-refractivity contribution is -0.138. The second-order valence-corrected chi connectivity index (χ2v) is 5.32. The quantitative estimate of drug-likeness (QED) is 0.645. The van der Waals surface area contributed by atoms with Crippen LogP contribution in [0.3, 0.4) is 0 Å². The molecule has 2 N–H and O–H groups in total. The zero-order valence-electron chi connectivity index (χ0n) is 9.95. The molecule has 0 saturated carbocycles. The van der Waals surface area contributed by atoms with Crippen molar-refractivity contribution in [1.82, 2.24) is 15.5 Å². The summed E-state index contributed by atoms with van der Waals surface area (Å²) in [7, 11) is 0. The van der Waals surface area contributed by atoms with Crippen LogP contribution in [-0.2, 0) is 9.59 Å². The Kier molecular flexibility index (Phi) is 2.78. The Balaban J connectivity index is 1.70. The average Bonchev–Trinajstić information content (AvgIpc) is 2.95. The Morgan fingerprint density at radius 1 is 1.29 bits per heavy atom. The lowest BCUT2D eigenvalue weighted by Gasteiger charge is -2.38. The molecule has 5 heteroatoms. The largest absolute Gasteiger partial charge is 0.344 e. The van der Waals surface area contributed by atoms with Crippen LogP contribution < -0.4 is 10.6 Å². The average molecular weight is 237 g/mol. The molecule has 2 unspecified atom stereocenters. The summed E-state index contributed by atoms with van der Waals surface area (Å²) in [6.07, 6.45) is 3.48. The number of likely N-dealkylation sites (tertiary alicyclic amines) is 1. The second-order valence-electron chi connectivity index (χ2n) is 5.32. The summed E-state index contributed by atoms with van der Waals surface area (Å²) < 4.78 is 0. The van der Waals surface area contributed by atoms with Crippen molar-refractivity contribution in [1.29, 1.82) is 0 Å². The molecule has 0 radical (unpaired) electrons. The van der Waals surface area contributed by atoms with E-state index in [1.165, 1.54) is 6.42 Å².